The number of benzene rings is 2. The van der Waals surface area contributed by atoms with Gasteiger partial charge in [-0.05, 0) is 31.0 Å². The van der Waals surface area contributed by atoms with Crippen molar-refractivity contribution in [2.45, 2.75) is 32.3 Å². The molecule has 7 nitrogen and oxygen atoms in total. The fourth-order valence-corrected chi connectivity index (χ4v) is 2.84. The molecule has 0 aliphatic heterocycles. The molecule has 0 aliphatic carbocycles. The van der Waals surface area contributed by atoms with Crippen molar-refractivity contribution < 1.29 is 19.2 Å². The zero-order chi connectivity index (χ0) is 20.7. The number of rotatable bonds is 8. The van der Waals surface area contributed by atoms with Crippen molar-refractivity contribution in [2.75, 3.05) is 6.54 Å². The van der Waals surface area contributed by atoms with Gasteiger partial charge < -0.3 is 10.1 Å². The molecule has 0 bridgehead atoms. The Hall–Kier alpha value is -2.93. The number of amides is 1. The van der Waals surface area contributed by atoms with E-state index in [1.165, 1.54) is 19.1 Å². The Balaban J connectivity index is 1.95. The van der Waals surface area contributed by atoms with Gasteiger partial charge in [-0.25, -0.2) is 4.79 Å². The van der Waals surface area contributed by atoms with Crippen molar-refractivity contribution in [3.8, 4) is 0 Å². The summed E-state index contributed by atoms with van der Waals surface area (Å²) in [5.41, 5.74) is 0.664. The molecule has 148 valence electrons. The summed E-state index contributed by atoms with van der Waals surface area (Å²) in [6, 6.07) is 13.4. The molecule has 1 amide bonds. The number of hydrogen-bond donors (Lipinski definition) is 1. The van der Waals surface area contributed by atoms with Crippen LogP contribution in [0.15, 0.2) is 48.5 Å². The number of hydrogen-bond acceptors (Lipinski definition) is 5. The monoisotopic (exact) mass is 404 g/mol. The number of esters is 1. The number of halogens is 1. The van der Waals surface area contributed by atoms with E-state index in [4.69, 9.17) is 16.3 Å². The number of nitro benzene ring substituents is 1. The van der Waals surface area contributed by atoms with Crippen LogP contribution in [-0.4, -0.2) is 29.4 Å². The van der Waals surface area contributed by atoms with Crippen LogP contribution in [0, 0.1) is 10.1 Å². The lowest BCUT2D eigenvalue weighted by atomic mass is 9.96. The zero-order valence-electron chi connectivity index (χ0n) is 15.6. The topological polar surface area (TPSA) is 98.5 Å². The van der Waals surface area contributed by atoms with Crippen molar-refractivity contribution in [1.82, 2.24) is 5.32 Å². The van der Waals surface area contributed by atoms with Gasteiger partial charge >= 0.3 is 5.97 Å². The molecular formula is C20H21ClN2O5. The molecule has 2 aromatic carbocycles. The molecule has 0 aliphatic rings. The minimum absolute atomic E-state index is 0.0496. The lowest BCUT2D eigenvalue weighted by Gasteiger charge is -2.18. The number of ether oxygens (including phenoxy) is 1. The predicted molar refractivity (Wildman–Crippen MR) is 105 cm³/mol. The van der Waals surface area contributed by atoms with Crippen LogP contribution < -0.4 is 5.32 Å². The van der Waals surface area contributed by atoms with Gasteiger partial charge in [0.15, 0.2) is 6.10 Å². The van der Waals surface area contributed by atoms with Gasteiger partial charge in [0.1, 0.15) is 5.02 Å². The van der Waals surface area contributed by atoms with Crippen LogP contribution in [0.3, 0.4) is 0 Å². The molecule has 0 saturated carbocycles. The third kappa shape index (κ3) is 5.53. The molecule has 0 unspecified atom stereocenters. The minimum atomic E-state index is -1.05. The van der Waals surface area contributed by atoms with E-state index in [-0.39, 0.29) is 16.5 Å². The van der Waals surface area contributed by atoms with Crippen molar-refractivity contribution in [1.29, 1.82) is 0 Å². The first-order chi connectivity index (χ1) is 13.3. The number of carbonyl (C=O) groups excluding carboxylic acids is 2. The minimum Gasteiger partial charge on any atom is -0.449 e. The molecular weight excluding hydrogens is 384 g/mol. The average molecular weight is 405 g/mol. The van der Waals surface area contributed by atoms with E-state index in [1.54, 1.807) is 0 Å². The molecule has 8 heteroatoms. The van der Waals surface area contributed by atoms with Crippen molar-refractivity contribution in [2.24, 2.45) is 0 Å². The first kappa shape index (κ1) is 21.4. The quantitative estimate of drug-likeness (QED) is 0.405. The Bertz CT molecular complexity index is 857. The lowest BCUT2D eigenvalue weighted by Crippen LogP contribution is -2.38. The average Bonchev–Trinajstić information content (AvgIpc) is 2.69. The largest absolute Gasteiger partial charge is 0.449 e. The second-order valence-corrected chi connectivity index (χ2v) is 6.64. The third-order valence-corrected chi connectivity index (χ3v) is 4.64. The molecule has 0 saturated heterocycles. The molecule has 2 atom stereocenters. The number of nitrogens with zero attached hydrogens (tertiary/aromatic N) is 1. The van der Waals surface area contributed by atoms with Crippen LogP contribution in [0.1, 0.15) is 42.1 Å². The highest BCUT2D eigenvalue weighted by molar-refractivity contribution is 6.32. The smallest absolute Gasteiger partial charge is 0.339 e. The van der Waals surface area contributed by atoms with Crippen LogP contribution in [0.2, 0.25) is 5.02 Å². The molecule has 0 spiro atoms. The maximum absolute atomic E-state index is 12.3. The van der Waals surface area contributed by atoms with Gasteiger partial charge in [-0.1, -0.05) is 48.9 Å². The van der Waals surface area contributed by atoms with Gasteiger partial charge in [0, 0.05) is 18.5 Å². The van der Waals surface area contributed by atoms with E-state index in [2.05, 4.69) is 5.32 Å². The first-order valence-corrected chi connectivity index (χ1v) is 9.18. The number of carbonyl (C=O) groups is 2. The molecule has 2 rings (SSSR count). The van der Waals surface area contributed by atoms with Gasteiger partial charge in [0.2, 0.25) is 0 Å². The Morgan fingerprint density at radius 2 is 1.89 bits per heavy atom. The summed E-state index contributed by atoms with van der Waals surface area (Å²) >= 11 is 5.73. The van der Waals surface area contributed by atoms with Crippen molar-refractivity contribution in [3.05, 3.63) is 74.8 Å². The van der Waals surface area contributed by atoms with E-state index in [0.29, 0.717) is 6.54 Å². The summed E-state index contributed by atoms with van der Waals surface area (Å²) in [5.74, 6) is -1.13. The summed E-state index contributed by atoms with van der Waals surface area (Å²) in [5, 5.41) is 13.6. The maximum Gasteiger partial charge on any atom is 0.339 e. The summed E-state index contributed by atoms with van der Waals surface area (Å²) in [6.45, 7) is 3.88. The lowest BCUT2D eigenvalue weighted by molar-refractivity contribution is -0.384. The zero-order valence-corrected chi connectivity index (χ0v) is 16.3. The predicted octanol–water partition coefficient (Wildman–Crippen LogP) is 4.10. The van der Waals surface area contributed by atoms with Gasteiger partial charge in [0.05, 0.1) is 10.5 Å². The standard InChI is InChI=1S/C20H21ClN2O5/c1-3-14(15-7-5-4-6-8-15)12-22-19(24)13(2)28-20(25)16-9-10-17(21)18(11-16)23(26)27/h4-11,13-14H,3,12H2,1-2H3,(H,22,24)/t13-,14+/m0/s1. The molecule has 0 aromatic heterocycles. The highest BCUT2D eigenvalue weighted by atomic mass is 35.5. The second-order valence-electron chi connectivity index (χ2n) is 6.23. The summed E-state index contributed by atoms with van der Waals surface area (Å²) in [4.78, 5) is 34.7. The molecule has 1 N–H and O–H groups in total. The van der Waals surface area contributed by atoms with Crippen LogP contribution in [0.25, 0.3) is 0 Å². The van der Waals surface area contributed by atoms with Gasteiger partial charge in [-0.2, -0.15) is 0 Å². The molecule has 28 heavy (non-hydrogen) atoms. The Morgan fingerprint density at radius 1 is 1.21 bits per heavy atom. The van der Waals surface area contributed by atoms with Gasteiger partial charge in [-0.3, -0.25) is 14.9 Å². The SMILES string of the molecule is CC[C@H](CNC(=O)[C@H](C)OC(=O)c1ccc(Cl)c([N+](=O)[O-])c1)c1ccccc1. The Kier molecular flexibility index (Phi) is 7.52. The van der Waals surface area contributed by atoms with Crippen molar-refractivity contribution in [3.63, 3.8) is 0 Å². The van der Waals surface area contributed by atoms with Gasteiger partial charge in [-0.15, -0.1) is 0 Å². The van der Waals surface area contributed by atoms with E-state index >= 15 is 0 Å². The van der Waals surface area contributed by atoms with E-state index in [0.717, 1.165) is 18.1 Å². The van der Waals surface area contributed by atoms with Crippen LogP contribution in [0.5, 0.6) is 0 Å². The first-order valence-electron chi connectivity index (χ1n) is 8.81. The second kappa shape index (κ2) is 9.85. The normalized spacial score (nSPS) is 12.7. The number of nitro groups is 1. The van der Waals surface area contributed by atoms with E-state index in [1.807, 2.05) is 37.3 Å². The van der Waals surface area contributed by atoms with Crippen LogP contribution in [0.4, 0.5) is 5.69 Å². The third-order valence-electron chi connectivity index (χ3n) is 4.32. The Morgan fingerprint density at radius 3 is 2.50 bits per heavy atom. The molecule has 0 radical (unpaired) electrons. The molecule has 0 fully saturated rings. The van der Waals surface area contributed by atoms with Crippen molar-refractivity contribution >= 4 is 29.2 Å². The fraction of sp³-hybridized carbons (Fsp3) is 0.300. The summed E-state index contributed by atoms with van der Waals surface area (Å²) in [7, 11) is 0. The van der Waals surface area contributed by atoms with E-state index < -0.39 is 28.6 Å². The highest BCUT2D eigenvalue weighted by Crippen LogP contribution is 2.25. The van der Waals surface area contributed by atoms with Gasteiger partial charge in [0.25, 0.3) is 11.6 Å². The summed E-state index contributed by atoms with van der Waals surface area (Å²) in [6.07, 6.45) is -0.206. The fourth-order valence-electron chi connectivity index (χ4n) is 2.65. The number of nitrogens with one attached hydrogen (secondary N) is 1. The maximum atomic E-state index is 12.3. The van der Waals surface area contributed by atoms with Crippen LogP contribution in [-0.2, 0) is 9.53 Å². The van der Waals surface area contributed by atoms with Crippen LogP contribution >= 0.6 is 11.6 Å². The van der Waals surface area contributed by atoms with E-state index in [9.17, 15) is 19.7 Å². The molecule has 2 aromatic rings. The highest BCUT2D eigenvalue weighted by Gasteiger charge is 2.22. The molecule has 0 heterocycles. The summed E-state index contributed by atoms with van der Waals surface area (Å²) < 4.78 is 5.13. The Labute approximate surface area is 167 Å².